The first-order valence-corrected chi connectivity index (χ1v) is 10.9. The second-order valence-corrected chi connectivity index (χ2v) is 8.23. The zero-order valence-electron chi connectivity index (χ0n) is 18.1. The monoisotopic (exact) mass is 447 g/mol. The van der Waals surface area contributed by atoms with Gasteiger partial charge in [-0.2, -0.15) is 10.3 Å². The molecule has 33 heavy (non-hydrogen) atoms. The molecule has 1 aliphatic heterocycles. The van der Waals surface area contributed by atoms with Crippen LogP contribution in [0.1, 0.15) is 43.2 Å². The molecule has 1 saturated carbocycles. The lowest BCUT2D eigenvalue weighted by Gasteiger charge is -2.30. The van der Waals surface area contributed by atoms with Gasteiger partial charge in [0.25, 0.3) is 11.8 Å². The smallest absolute Gasteiger partial charge is 0.344 e. The Hall–Kier alpha value is -4.06. The van der Waals surface area contributed by atoms with Crippen molar-refractivity contribution in [2.45, 2.75) is 44.2 Å². The highest BCUT2D eigenvalue weighted by molar-refractivity contribution is 6.08. The van der Waals surface area contributed by atoms with Gasteiger partial charge in [-0.15, -0.1) is 0 Å². The van der Waals surface area contributed by atoms with E-state index < -0.39 is 23.4 Å². The third-order valence-electron chi connectivity index (χ3n) is 5.85. The number of rotatable bonds is 7. The second kappa shape index (κ2) is 9.61. The fraction of sp³-hybridized carbons (Fsp3) is 0.333. The summed E-state index contributed by atoms with van der Waals surface area (Å²) < 4.78 is 5.78. The SMILES string of the molecule is N#Cc1cccc(COc2cccc(NCC(=O)NN3C(=O)NC4(CCCCC4)C3=O)c2)c1. The number of nitriles is 1. The molecule has 0 aromatic heterocycles. The molecule has 0 unspecified atom stereocenters. The summed E-state index contributed by atoms with van der Waals surface area (Å²) in [4.78, 5) is 37.4. The summed E-state index contributed by atoms with van der Waals surface area (Å²) in [5, 5.41) is 15.5. The van der Waals surface area contributed by atoms with Crippen LogP contribution in [0.25, 0.3) is 0 Å². The van der Waals surface area contributed by atoms with Crippen LogP contribution >= 0.6 is 0 Å². The van der Waals surface area contributed by atoms with Crippen molar-refractivity contribution >= 4 is 23.5 Å². The van der Waals surface area contributed by atoms with Crippen molar-refractivity contribution in [1.29, 1.82) is 5.26 Å². The molecule has 1 saturated heterocycles. The fourth-order valence-corrected chi connectivity index (χ4v) is 4.16. The number of hydrazine groups is 1. The van der Waals surface area contributed by atoms with Crippen molar-refractivity contribution in [3.8, 4) is 11.8 Å². The molecule has 9 nitrogen and oxygen atoms in total. The first-order valence-electron chi connectivity index (χ1n) is 10.9. The molecule has 1 aliphatic carbocycles. The van der Waals surface area contributed by atoms with Gasteiger partial charge in [0.05, 0.1) is 18.2 Å². The van der Waals surface area contributed by atoms with E-state index in [-0.39, 0.29) is 6.54 Å². The second-order valence-electron chi connectivity index (χ2n) is 8.23. The van der Waals surface area contributed by atoms with Crippen LogP contribution in [-0.4, -0.2) is 34.9 Å². The van der Waals surface area contributed by atoms with Crippen LogP contribution in [0.2, 0.25) is 0 Å². The molecule has 4 rings (SSSR count). The number of benzene rings is 2. The van der Waals surface area contributed by atoms with Crippen molar-refractivity contribution < 1.29 is 19.1 Å². The lowest BCUT2D eigenvalue weighted by Crippen LogP contribution is -2.51. The van der Waals surface area contributed by atoms with Gasteiger partial charge in [0.1, 0.15) is 17.9 Å². The van der Waals surface area contributed by atoms with Crippen molar-refractivity contribution in [2.24, 2.45) is 0 Å². The number of nitrogens with one attached hydrogen (secondary N) is 3. The number of amides is 4. The number of hydrogen-bond acceptors (Lipinski definition) is 6. The molecular weight excluding hydrogens is 422 g/mol. The van der Waals surface area contributed by atoms with Crippen LogP contribution in [0, 0.1) is 11.3 Å². The topological polar surface area (TPSA) is 124 Å². The van der Waals surface area contributed by atoms with E-state index in [4.69, 9.17) is 10.00 Å². The van der Waals surface area contributed by atoms with Gasteiger partial charge in [0.15, 0.2) is 0 Å². The number of imide groups is 1. The van der Waals surface area contributed by atoms with Crippen LogP contribution in [0.15, 0.2) is 48.5 Å². The average Bonchev–Trinajstić information content (AvgIpc) is 3.06. The minimum absolute atomic E-state index is 0.127. The minimum Gasteiger partial charge on any atom is -0.489 e. The number of ether oxygens (including phenoxy) is 1. The van der Waals surface area contributed by atoms with Crippen molar-refractivity contribution in [1.82, 2.24) is 15.8 Å². The third kappa shape index (κ3) is 5.06. The highest BCUT2D eigenvalue weighted by Crippen LogP contribution is 2.33. The first-order chi connectivity index (χ1) is 16.0. The zero-order valence-corrected chi connectivity index (χ0v) is 18.1. The van der Waals surface area contributed by atoms with E-state index in [2.05, 4.69) is 22.1 Å². The molecule has 9 heteroatoms. The summed E-state index contributed by atoms with van der Waals surface area (Å²) in [5.74, 6) is -0.307. The van der Waals surface area contributed by atoms with Gasteiger partial charge in [-0.25, -0.2) is 4.79 Å². The predicted octanol–water partition coefficient (Wildman–Crippen LogP) is 2.84. The minimum atomic E-state index is -0.880. The molecule has 2 fully saturated rings. The van der Waals surface area contributed by atoms with Crippen molar-refractivity contribution in [3.63, 3.8) is 0 Å². The van der Waals surface area contributed by atoms with Gasteiger partial charge in [-0.1, -0.05) is 37.5 Å². The van der Waals surface area contributed by atoms with Gasteiger partial charge in [-0.05, 0) is 42.7 Å². The molecule has 2 aromatic carbocycles. The van der Waals surface area contributed by atoms with Gasteiger partial charge in [0.2, 0.25) is 0 Å². The number of carbonyl (C=O) groups excluding carboxylic acids is 3. The van der Waals surface area contributed by atoms with Crippen LogP contribution in [-0.2, 0) is 16.2 Å². The highest BCUT2D eigenvalue weighted by atomic mass is 16.5. The normalized spacial score (nSPS) is 16.8. The Balaban J connectivity index is 1.29. The van der Waals surface area contributed by atoms with Crippen LogP contribution in [0.3, 0.4) is 0 Å². The van der Waals surface area contributed by atoms with Crippen molar-refractivity contribution in [3.05, 3.63) is 59.7 Å². The molecule has 170 valence electrons. The van der Waals surface area contributed by atoms with Crippen LogP contribution in [0.5, 0.6) is 5.75 Å². The summed E-state index contributed by atoms with van der Waals surface area (Å²) in [5.41, 5.74) is 3.61. The Labute approximate surface area is 191 Å². The van der Waals surface area contributed by atoms with E-state index in [9.17, 15) is 14.4 Å². The lowest BCUT2D eigenvalue weighted by atomic mass is 9.82. The largest absolute Gasteiger partial charge is 0.489 e. The van der Waals surface area contributed by atoms with E-state index >= 15 is 0 Å². The van der Waals surface area contributed by atoms with E-state index in [0.717, 1.165) is 29.8 Å². The van der Waals surface area contributed by atoms with Gasteiger partial charge in [-0.3, -0.25) is 15.0 Å². The van der Waals surface area contributed by atoms with Gasteiger partial charge >= 0.3 is 6.03 Å². The Morgan fingerprint density at radius 1 is 1.12 bits per heavy atom. The summed E-state index contributed by atoms with van der Waals surface area (Å²) in [6.45, 7) is 0.172. The molecule has 2 aromatic rings. The molecule has 1 spiro atoms. The number of nitrogens with zero attached hydrogens (tertiary/aromatic N) is 2. The lowest BCUT2D eigenvalue weighted by molar-refractivity contribution is -0.139. The molecule has 0 bridgehead atoms. The number of hydrogen-bond donors (Lipinski definition) is 3. The maximum absolute atomic E-state index is 12.7. The molecule has 0 atom stereocenters. The van der Waals surface area contributed by atoms with Crippen LogP contribution < -0.4 is 20.8 Å². The molecule has 1 heterocycles. The van der Waals surface area contributed by atoms with E-state index in [0.29, 0.717) is 36.4 Å². The average molecular weight is 447 g/mol. The Bertz CT molecular complexity index is 1100. The maximum Gasteiger partial charge on any atom is 0.344 e. The van der Waals surface area contributed by atoms with Crippen LogP contribution in [0.4, 0.5) is 10.5 Å². The van der Waals surface area contributed by atoms with Gasteiger partial charge in [0, 0.05) is 11.8 Å². The third-order valence-corrected chi connectivity index (χ3v) is 5.85. The first kappa shape index (κ1) is 22.1. The summed E-state index contributed by atoms with van der Waals surface area (Å²) in [7, 11) is 0. The van der Waals surface area contributed by atoms with E-state index in [1.165, 1.54) is 0 Å². The Kier molecular flexibility index (Phi) is 6.45. The highest BCUT2D eigenvalue weighted by Gasteiger charge is 2.52. The Morgan fingerprint density at radius 3 is 2.70 bits per heavy atom. The number of urea groups is 1. The molecule has 3 N–H and O–H groups in total. The van der Waals surface area contributed by atoms with E-state index in [1.54, 1.807) is 42.5 Å². The Morgan fingerprint density at radius 2 is 1.91 bits per heavy atom. The predicted molar refractivity (Wildman–Crippen MR) is 120 cm³/mol. The molecule has 2 aliphatic rings. The maximum atomic E-state index is 12.7. The van der Waals surface area contributed by atoms with Gasteiger partial charge < -0.3 is 15.4 Å². The van der Waals surface area contributed by atoms with E-state index in [1.807, 2.05) is 6.07 Å². The summed E-state index contributed by atoms with van der Waals surface area (Å²) in [6, 6.07) is 15.8. The summed E-state index contributed by atoms with van der Waals surface area (Å²) in [6.07, 6.45) is 3.97. The quantitative estimate of drug-likeness (QED) is 0.561. The standard InChI is InChI=1S/C24H25N5O4/c25-14-17-6-4-7-18(12-17)16-33-20-9-5-8-19(13-20)26-15-21(30)28-29-22(31)24(27-23(29)32)10-2-1-3-11-24/h4-9,12-13,26H,1-3,10-11,15-16H2,(H,27,32)(H,28,30). The molecular formula is C24H25N5O4. The fourth-order valence-electron chi connectivity index (χ4n) is 4.16. The molecule has 4 amide bonds. The molecule has 0 radical (unpaired) electrons. The number of carbonyl (C=O) groups is 3. The van der Waals surface area contributed by atoms with Crippen molar-refractivity contribution in [2.75, 3.05) is 11.9 Å². The summed E-state index contributed by atoms with van der Waals surface area (Å²) >= 11 is 0. The zero-order chi connectivity index (χ0) is 23.3. The number of anilines is 1.